The molecule has 84 valence electrons. The average molecular weight is 209 g/mol. The van der Waals surface area contributed by atoms with Gasteiger partial charge in [-0.2, -0.15) is 0 Å². The summed E-state index contributed by atoms with van der Waals surface area (Å²) in [6, 6.07) is 0. The summed E-state index contributed by atoms with van der Waals surface area (Å²) in [5.74, 6) is 1.33. The van der Waals surface area contributed by atoms with E-state index >= 15 is 0 Å². The third-order valence-corrected chi connectivity index (χ3v) is 2.55. The zero-order chi connectivity index (χ0) is 11.3. The number of methoxy groups -OCH3 is 1. The molecule has 0 radical (unpaired) electrons. The number of hydrogen-bond donors (Lipinski definition) is 1. The molecule has 4 nitrogen and oxygen atoms in total. The van der Waals surface area contributed by atoms with E-state index in [1.807, 2.05) is 0 Å². The van der Waals surface area contributed by atoms with Crippen molar-refractivity contribution in [3.05, 3.63) is 12.4 Å². The predicted molar refractivity (Wildman–Crippen MR) is 61.1 cm³/mol. The molecular formula is C11H19N3O. The Morgan fingerprint density at radius 3 is 2.40 bits per heavy atom. The Labute approximate surface area is 91.1 Å². The van der Waals surface area contributed by atoms with Gasteiger partial charge in [0, 0.05) is 6.54 Å². The van der Waals surface area contributed by atoms with Gasteiger partial charge in [-0.25, -0.2) is 9.97 Å². The van der Waals surface area contributed by atoms with Crippen LogP contribution in [0.1, 0.15) is 27.2 Å². The highest BCUT2D eigenvalue weighted by Crippen LogP contribution is 2.19. The fraction of sp³-hybridized carbons (Fsp3) is 0.636. The Kier molecular flexibility index (Phi) is 3.88. The molecule has 0 atom stereocenters. The number of nitrogens with one attached hydrogen (secondary N) is 1. The zero-order valence-corrected chi connectivity index (χ0v) is 9.87. The van der Waals surface area contributed by atoms with Crippen molar-refractivity contribution >= 4 is 5.95 Å². The number of ether oxygens (including phenoxy) is 1. The molecule has 0 aliphatic carbocycles. The van der Waals surface area contributed by atoms with Gasteiger partial charge in [0.25, 0.3) is 0 Å². The van der Waals surface area contributed by atoms with Gasteiger partial charge < -0.3 is 10.1 Å². The maximum Gasteiger partial charge on any atom is 0.222 e. The maximum absolute atomic E-state index is 4.98. The van der Waals surface area contributed by atoms with Crippen LogP contribution in [-0.4, -0.2) is 23.6 Å². The van der Waals surface area contributed by atoms with Crippen molar-refractivity contribution in [3.8, 4) is 5.75 Å². The number of nitrogens with zero attached hydrogens (tertiary/aromatic N) is 2. The van der Waals surface area contributed by atoms with E-state index in [0.717, 1.165) is 13.0 Å². The second kappa shape index (κ2) is 4.96. The monoisotopic (exact) mass is 209 g/mol. The summed E-state index contributed by atoms with van der Waals surface area (Å²) in [7, 11) is 1.60. The molecule has 0 fully saturated rings. The lowest BCUT2D eigenvalue weighted by molar-refractivity contribution is 0.376. The van der Waals surface area contributed by atoms with Crippen molar-refractivity contribution in [2.75, 3.05) is 19.0 Å². The fourth-order valence-corrected chi connectivity index (χ4v) is 0.956. The SMILES string of the molecule is CCC(C)(C)CNc1ncc(OC)cn1. The van der Waals surface area contributed by atoms with Crippen LogP contribution in [0, 0.1) is 5.41 Å². The van der Waals surface area contributed by atoms with Crippen molar-refractivity contribution in [1.82, 2.24) is 9.97 Å². The largest absolute Gasteiger partial charge is 0.494 e. The third kappa shape index (κ3) is 3.73. The minimum atomic E-state index is 0.267. The number of rotatable bonds is 5. The summed E-state index contributed by atoms with van der Waals surface area (Å²) in [6.07, 6.45) is 4.44. The first-order valence-corrected chi connectivity index (χ1v) is 5.17. The maximum atomic E-state index is 4.98. The van der Waals surface area contributed by atoms with Gasteiger partial charge in [0.1, 0.15) is 0 Å². The molecule has 0 aliphatic heterocycles. The number of hydrogen-bond acceptors (Lipinski definition) is 4. The number of aromatic nitrogens is 2. The number of anilines is 1. The first-order valence-electron chi connectivity index (χ1n) is 5.17. The Bertz CT molecular complexity index is 295. The highest BCUT2D eigenvalue weighted by molar-refractivity contribution is 5.27. The van der Waals surface area contributed by atoms with Gasteiger partial charge in [0.05, 0.1) is 19.5 Å². The highest BCUT2D eigenvalue weighted by atomic mass is 16.5. The topological polar surface area (TPSA) is 47.0 Å². The molecule has 0 saturated heterocycles. The smallest absolute Gasteiger partial charge is 0.222 e. The predicted octanol–water partition coefficient (Wildman–Crippen LogP) is 2.33. The van der Waals surface area contributed by atoms with Crippen LogP contribution in [0.2, 0.25) is 0 Å². The van der Waals surface area contributed by atoms with Crippen LogP contribution in [0.3, 0.4) is 0 Å². The Morgan fingerprint density at radius 2 is 1.93 bits per heavy atom. The molecule has 0 bridgehead atoms. The minimum Gasteiger partial charge on any atom is -0.494 e. The van der Waals surface area contributed by atoms with Gasteiger partial charge in [0.2, 0.25) is 5.95 Å². The Hall–Kier alpha value is -1.32. The summed E-state index contributed by atoms with van der Waals surface area (Å²) in [5.41, 5.74) is 0.267. The highest BCUT2D eigenvalue weighted by Gasteiger charge is 2.14. The molecular weight excluding hydrogens is 190 g/mol. The molecule has 1 N–H and O–H groups in total. The van der Waals surface area contributed by atoms with Crippen molar-refractivity contribution in [3.63, 3.8) is 0 Å². The van der Waals surface area contributed by atoms with Gasteiger partial charge in [0.15, 0.2) is 5.75 Å². The quantitative estimate of drug-likeness (QED) is 0.808. The molecule has 1 rings (SSSR count). The van der Waals surface area contributed by atoms with Gasteiger partial charge in [-0.05, 0) is 11.8 Å². The van der Waals surface area contributed by atoms with E-state index in [4.69, 9.17) is 4.74 Å². The van der Waals surface area contributed by atoms with E-state index in [1.165, 1.54) is 0 Å². The van der Waals surface area contributed by atoms with E-state index in [1.54, 1.807) is 19.5 Å². The van der Waals surface area contributed by atoms with Crippen LogP contribution in [0.15, 0.2) is 12.4 Å². The van der Waals surface area contributed by atoms with E-state index in [0.29, 0.717) is 11.7 Å². The summed E-state index contributed by atoms with van der Waals surface area (Å²) < 4.78 is 4.98. The Balaban J connectivity index is 2.51. The molecule has 0 aliphatic rings. The normalized spacial score (nSPS) is 11.2. The molecule has 0 spiro atoms. The van der Waals surface area contributed by atoms with E-state index in [2.05, 4.69) is 36.1 Å². The van der Waals surface area contributed by atoms with Gasteiger partial charge in [-0.3, -0.25) is 0 Å². The van der Waals surface area contributed by atoms with Gasteiger partial charge in [-0.15, -0.1) is 0 Å². The molecule has 0 amide bonds. The summed E-state index contributed by atoms with van der Waals surface area (Å²) in [4.78, 5) is 8.28. The second-order valence-corrected chi connectivity index (χ2v) is 4.32. The molecule has 0 saturated carbocycles. The average Bonchev–Trinajstić information content (AvgIpc) is 2.27. The zero-order valence-electron chi connectivity index (χ0n) is 9.87. The van der Waals surface area contributed by atoms with Gasteiger partial charge >= 0.3 is 0 Å². The van der Waals surface area contributed by atoms with Crippen LogP contribution in [0.25, 0.3) is 0 Å². The second-order valence-electron chi connectivity index (χ2n) is 4.32. The first-order chi connectivity index (χ1) is 7.07. The van der Waals surface area contributed by atoms with Crippen LogP contribution in [-0.2, 0) is 0 Å². The summed E-state index contributed by atoms with van der Waals surface area (Å²) in [5, 5.41) is 3.21. The van der Waals surface area contributed by atoms with E-state index in [-0.39, 0.29) is 5.41 Å². The standard InChI is InChI=1S/C11H19N3O/c1-5-11(2,3)8-14-10-12-6-9(15-4)7-13-10/h6-7H,5,8H2,1-4H3,(H,12,13,14). The molecule has 0 aromatic carbocycles. The lowest BCUT2D eigenvalue weighted by Crippen LogP contribution is -2.22. The first kappa shape index (κ1) is 11.8. The summed E-state index contributed by atoms with van der Waals surface area (Å²) in [6.45, 7) is 7.47. The molecule has 15 heavy (non-hydrogen) atoms. The van der Waals surface area contributed by atoms with E-state index < -0.39 is 0 Å². The van der Waals surface area contributed by atoms with Crippen LogP contribution < -0.4 is 10.1 Å². The lowest BCUT2D eigenvalue weighted by atomic mass is 9.90. The van der Waals surface area contributed by atoms with Crippen molar-refractivity contribution in [2.24, 2.45) is 5.41 Å². The van der Waals surface area contributed by atoms with Crippen molar-refractivity contribution < 1.29 is 4.74 Å². The molecule has 1 heterocycles. The van der Waals surface area contributed by atoms with Crippen molar-refractivity contribution in [1.29, 1.82) is 0 Å². The van der Waals surface area contributed by atoms with Crippen LogP contribution >= 0.6 is 0 Å². The van der Waals surface area contributed by atoms with Crippen molar-refractivity contribution in [2.45, 2.75) is 27.2 Å². The molecule has 1 aromatic heterocycles. The summed E-state index contributed by atoms with van der Waals surface area (Å²) >= 11 is 0. The molecule has 4 heteroatoms. The molecule has 0 unspecified atom stereocenters. The van der Waals surface area contributed by atoms with Gasteiger partial charge in [-0.1, -0.05) is 20.8 Å². The minimum absolute atomic E-state index is 0.267. The van der Waals surface area contributed by atoms with Crippen LogP contribution in [0.4, 0.5) is 5.95 Å². The lowest BCUT2D eigenvalue weighted by Gasteiger charge is -2.22. The fourth-order valence-electron chi connectivity index (χ4n) is 0.956. The Morgan fingerprint density at radius 1 is 1.33 bits per heavy atom. The van der Waals surface area contributed by atoms with E-state index in [9.17, 15) is 0 Å². The van der Waals surface area contributed by atoms with Crippen LogP contribution in [0.5, 0.6) is 5.75 Å². The third-order valence-electron chi connectivity index (χ3n) is 2.55. The molecule has 1 aromatic rings.